The number of nitrogens with one attached hydrogen (secondary N) is 1. The van der Waals surface area contributed by atoms with Gasteiger partial charge in [-0.15, -0.1) is 24.0 Å². The predicted octanol–water partition coefficient (Wildman–Crippen LogP) is 3.05. The Labute approximate surface area is 144 Å². The fourth-order valence-electron chi connectivity index (χ4n) is 3.14. The fourth-order valence-corrected chi connectivity index (χ4v) is 3.14. The molecule has 1 aromatic rings. The summed E-state index contributed by atoms with van der Waals surface area (Å²) in [5.74, 6) is 0.540. The van der Waals surface area contributed by atoms with Crippen molar-refractivity contribution in [1.82, 2.24) is 4.90 Å². The molecule has 1 aliphatic carbocycles. The predicted molar refractivity (Wildman–Crippen MR) is 99.3 cm³/mol. The van der Waals surface area contributed by atoms with E-state index in [9.17, 15) is 0 Å². The van der Waals surface area contributed by atoms with Gasteiger partial charge in [0, 0.05) is 11.7 Å². The summed E-state index contributed by atoms with van der Waals surface area (Å²) in [6.07, 6.45) is 6.46. The molecule has 0 unspecified atom stereocenters. The summed E-state index contributed by atoms with van der Waals surface area (Å²) in [6, 6.07) is 11.1. The van der Waals surface area contributed by atoms with Crippen molar-refractivity contribution < 1.29 is 0 Å². The Bertz CT molecular complexity index is 451. The molecule has 1 aromatic carbocycles. The van der Waals surface area contributed by atoms with E-state index in [4.69, 9.17) is 5.73 Å². The Morgan fingerprint density at radius 2 is 1.76 bits per heavy atom. The number of nitrogens with two attached hydrogens (primary N) is 1. The Balaban J connectivity index is 0.00000161. The topological polar surface area (TPSA) is 53.6 Å². The highest BCUT2D eigenvalue weighted by Crippen LogP contribution is 2.30. The number of halogens is 1. The van der Waals surface area contributed by atoms with Gasteiger partial charge in [0.1, 0.15) is 0 Å². The minimum Gasteiger partial charge on any atom is -0.370 e. The van der Waals surface area contributed by atoms with Crippen molar-refractivity contribution in [1.29, 1.82) is 0 Å². The van der Waals surface area contributed by atoms with Crippen LogP contribution in [-0.4, -0.2) is 36.0 Å². The molecule has 2 aliphatic rings. The second-order valence-electron chi connectivity index (χ2n) is 5.88. The molecule has 1 saturated heterocycles. The first kappa shape index (κ1) is 16.5. The number of rotatable bonds is 3. The van der Waals surface area contributed by atoms with Crippen molar-refractivity contribution in [2.45, 2.75) is 44.2 Å². The van der Waals surface area contributed by atoms with Crippen LogP contribution in [0.5, 0.6) is 0 Å². The number of aliphatic imine (C=N–C) groups is 1. The molecule has 0 aromatic heterocycles. The zero-order valence-electron chi connectivity index (χ0n) is 12.4. The zero-order chi connectivity index (χ0) is 13.8. The first-order valence-electron chi connectivity index (χ1n) is 7.70. The van der Waals surface area contributed by atoms with Gasteiger partial charge in [0.2, 0.25) is 0 Å². The number of hydrogen-bond donors (Lipinski definition) is 2. The molecule has 1 aliphatic heterocycles. The number of benzene rings is 1. The number of para-hydroxylation sites is 1. The fraction of sp³-hybridized carbons (Fsp3) is 0.562. The number of likely N-dealkylation sites (tertiary alicyclic amines) is 1. The van der Waals surface area contributed by atoms with Gasteiger partial charge in [-0.3, -0.25) is 0 Å². The van der Waals surface area contributed by atoms with Crippen molar-refractivity contribution >= 4 is 35.6 Å². The van der Waals surface area contributed by atoms with Gasteiger partial charge in [-0.25, -0.2) is 4.99 Å². The molecule has 1 saturated carbocycles. The average Bonchev–Trinajstić information content (AvgIpc) is 2.44. The second kappa shape index (κ2) is 7.98. The van der Waals surface area contributed by atoms with Gasteiger partial charge in [-0.05, 0) is 50.9 Å². The standard InChI is InChI=1S/C16H24N4.HI/c17-16(18-13-7-3-1-4-8-13)19-14-11-15(12-14)20-9-5-2-6-10-20;/h1,3-4,7-8,14-15H,2,5-6,9-12H2,(H3,17,18,19);1H. The third-order valence-electron chi connectivity index (χ3n) is 4.36. The first-order valence-corrected chi connectivity index (χ1v) is 7.70. The third-order valence-corrected chi connectivity index (χ3v) is 4.36. The van der Waals surface area contributed by atoms with Gasteiger partial charge in [0.15, 0.2) is 5.96 Å². The molecular formula is C16H25IN4. The molecule has 0 radical (unpaired) electrons. The van der Waals surface area contributed by atoms with Crippen LogP contribution in [0.3, 0.4) is 0 Å². The molecule has 0 bridgehead atoms. The normalized spacial score (nSPS) is 26.6. The van der Waals surface area contributed by atoms with Crippen LogP contribution in [0.2, 0.25) is 0 Å². The lowest BCUT2D eigenvalue weighted by Gasteiger charge is -2.43. The molecule has 116 valence electrons. The minimum absolute atomic E-state index is 0. The molecule has 1 heterocycles. The maximum absolute atomic E-state index is 5.97. The van der Waals surface area contributed by atoms with E-state index in [1.54, 1.807) is 0 Å². The maximum Gasteiger partial charge on any atom is 0.193 e. The summed E-state index contributed by atoms with van der Waals surface area (Å²) in [5.41, 5.74) is 6.97. The van der Waals surface area contributed by atoms with Crippen LogP contribution in [0.15, 0.2) is 35.3 Å². The monoisotopic (exact) mass is 400 g/mol. The highest BCUT2D eigenvalue weighted by Gasteiger charge is 2.33. The summed E-state index contributed by atoms with van der Waals surface area (Å²) >= 11 is 0. The van der Waals surface area contributed by atoms with Gasteiger partial charge < -0.3 is 16.0 Å². The SMILES string of the molecule is I.NC(=NC1CC(N2CCCCC2)C1)Nc1ccccc1. The van der Waals surface area contributed by atoms with E-state index in [2.05, 4.69) is 15.2 Å². The summed E-state index contributed by atoms with van der Waals surface area (Å²) in [7, 11) is 0. The van der Waals surface area contributed by atoms with Crippen molar-refractivity contribution in [3.63, 3.8) is 0 Å². The Morgan fingerprint density at radius 1 is 1.10 bits per heavy atom. The third kappa shape index (κ3) is 4.57. The molecule has 0 amide bonds. The minimum atomic E-state index is 0. The van der Waals surface area contributed by atoms with Crippen LogP contribution >= 0.6 is 24.0 Å². The number of guanidine groups is 1. The highest BCUT2D eigenvalue weighted by molar-refractivity contribution is 14.0. The lowest BCUT2D eigenvalue weighted by molar-refractivity contribution is 0.0912. The molecule has 21 heavy (non-hydrogen) atoms. The number of piperidine rings is 1. The van der Waals surface area contributed by atoms with E-state index in [0.717, 1.165) is 24.6 Å². The summed E-state index contributed by atoms with van der Waals surface area (Å²) in [6.45, 7) is 2.55. The maximum atomic E-state index is 5.97. The summed E-state index contributed by atoms with van der Waals surface area (Å²) in [4.78, 5) is 7.21. The van der Waals surface area contributed by atoms with E-state index in [-0.39, 0.29) is 24.0 Å². The summed E-state index contributed by atoms with van der Waals surface area (Å²) in [5, 5.41) is 3.15. The molecule has 2 fully saturated rings. The van der Waals surface area contributed by atoms with Gasteiger partial charge in [0.05, 0.1) is 6.04 Å². The lowest BCUT2D eigenvalue weighted by atomic mass is 9.85. The zero-order valence-corrected chi connectivity index (χ0v) is 14.7. The van der Waals surface area contributed by atoms with Crippen LogP contribution in [0.25, 0.3) is 0 Å². The van der Waals surface area contributed by atoms with Crippen molar-refractivity contribution in [2.24, 2.45) is 10.7 Å². The van der Waals surface area contributed by atoms with E-state index >= 15 is 0 Å². The van der Waals surface area contributed by atoms with Crippen LogP contribution < -0.4 is 11.1 Å². The quantitative estimate of drug-likeness (QED) is 0.466. The Kier molecular flexibility index (Phi) is 6.29. The average molecular weight is 400 g/mol. The largest absolute Gasteiger partial charge is 0.370 e. The van der Waals surface area contributed by atoms with Crippen LogP contribution in [0.4, 0.5) is 5.69 Å². The number of anilines is 1. The van der Waals surface area contributed by atoms with Gasteiger partial charge >= 0.3 is 0 Å². The Hall–Kier alpha value is -0.820. The van der Waals surface area contributed by atoms with Crippen molar-refractivity contribution in [3.8, 4) is 0 Å². The molecule has 0 atom stereocenters. The second-order valence-corrected chi connectivity index (χ2v) is 5.88. The molecule has 4 nitrogen and oxygen atoms in total. The lowest BCUT2D eigenvalue weighted by Crippen LogP contribution is -2.49. The number of nitrogens with zero attached hydrogens (tertiary/aromatic N) is 2. The van der Waals surface area contributed by atoms with E-state index in [1.165, 1.54) is 32.4 Å². The summed E-state index contributed by atoms with van der Waals surface area (Å²) < 4.78 is 0. The molecular weight excluding hydrogens is 375 g/mol. The molecule has 3 N–H and O–H groups in total. The van der Waals surface area contributed by atoms with E-state index < -0.39 is 0 Å². The smallest absolute Gasteiger partial charge is 0.193 e. The molecule has 0 spiro atoms. The van der Waals surface area contributed by atoms with Gasteiger partial charge in [-0.2, -0.15) is 0 Å². The van der Waals surface area contributed by atoms with Crippen molar-refractivity contribution in [2.75, 3.05) is 18.4 Å². The molecule has 3 rings (SSSR count). The first-order chi connectivity index (χ1) is 9.81. The van der Waals surface area contributed by atoms with Gasteiger partial charge in [-0.1, -0.05) is 24.6 Å². The van der Waals surface area contributed by atoms with E-state index in [1.807, 2.05) is 30.3 Å². The highest BCUT2D eigenvalue weighted by atomic mass is 127. The number of hydrogen-bond acceptors (Lipinski definition) is 2. The Morgan fingerprint density at radius 3 is 2.43 bits per heavy atom. The van der Waals surface area contributed by atoms with Gasteiger partial charge in [0.25, 0.3) is 0 Å². The van der Waals surface area contributed by atoms with Crippen LogP contribution in [-0.2, 0) is 0 Å². The van der Waals surface area contributed by atoms with E-state index in [0.29, 0.717) is 12.0 Å². The van der Waals surface area contributed by atoms with Crippen LogP contribution in [0, 0.1) is 0 Å². The van der Waals surface area contributed by atoms with Crippen LogP contribution in [0.1, 0.15) is 32.1 Å². The molecule has 5 heteroatoms. The van der Waals surface area contributed by atoms with Crippen molar-refractivity contribution in [3.05, 3.63) is 30.3 Å².